The van der Waals surface area contributed by atoms with Crippen LogP contribution in [0.3, 0.4) is 0 Å². The molecule has 1 aromatic carbocycles. The van der Waals surface area contributed by atoms with Crippen LogP contribution in [0.4, 0.5) is 0 Å². The van der Waals surface area contributed by atoms with E-state index in [1.165, 1.54) is 24.3 Å². The predicted octanol–water partition coefficient (Wildman–Crippen LogP) is -0.351. The molecule has 17 atom stereocenters. The summed E-state index contributed by atoms with van der Waals surface area (Å²) in [6, 6.07) is 2.93. The normalized spacial score (nSPS) is 26.6. The van der Waals surface area contributed by atoms with Crippen LogP contribution in [0.15, 0.2) is 30.3 Å². The fourth-order valence-corrected chi connectivity index (χ4v) is 10.3. The third-order valence-electron chi connectivity index (χ3n) is 13.5. The van der Waals surface area contributed by atoms with E-state index < -0.39 is 236 Å². The van der Waals surface area contributed by atoms with Crippen LogP contribution in [0.1, 0.15) is 92.4 Å². The van der Waals surface area contributed by atoms with E-state index in [0.717, 1.165) is 83.5 Å². The van der Waals surface area contributed by atoms with Crippen molar-refractivity contribution in [3.63, 3.8) is 0 Å². The predicted molar refractivity (Wildman–Crippen MR) is 311 cm³/mol. The molecule has 96 heavy (non-hydrogen) atoms. The molecular weight excluding hydrogens is 1360 g/mol. The second-order valence-electron chi connectivity index (χ2n) is 21.1. The molecule has 3 saturated heterocycles. The number of aliphatic hydroxyl groups is 1. The third kappa shape index (κ3) is 22.8. The average Bonchev–Trinajstić information content (AvgIpc) is 0.743. The molecule has 4 N–H and O–H groups in total. The summed E-state index contributed by atoms with van der Waals surface area (Å²) in [7, 11) is 1.50. The SMILES string of the molecule is COC(=O)[C@@]1(O[C@H]2C[C@](OC[C@H]3O[C@H](OC(=N)C(Cl)(Cl)Cl)[C@H](OC(=O)c4ccccc4)[C@@H](OC(C)=O)[C@@H]3OC(C)=O)(C(=O)OC)O[C@@H]([C@H](OC(C)=O)[C@@H](COC(C)=O)OC(C)=O)[C@@H]2NC(C)=O)C[C@H](OC(C)=O)[C@@H](NC(=O)CO)[C@H]([C@H](OC(C)=O)[C@@H](COC(C)=O)OC(C)=O)O1. The van der Waals surface area contributed by atoms with E-state index >= 15 is 9.59 Å². The lowest BCUT2D eigenvalue weighted by Crippen LogP contribution is -2.73. The highest BCUT2D eigenvalue weighted by Crippen LogP contribution is 2.44. The van der Waals surface area contributed by atoms with Gasteiger partial charge in [0.15, 0.2) is 36.6 Å². The number of nitrogens with one attached hydrogen (secondary N) is 3. The van der Waals surface area contributed by atoms with Crippen LogP contribution in [0.25, 0.3) is 0 Å². The van der Waals surface area contributed by atoms with E-state index in [4.69, 9.17) is 125 Å². The zero-order valence-electron chi connectivity index (χ0n) is 53.4. The molecule has 0 saturated carbocycles. The van der Waals surface area contributed by atoms with E-state index in [1.807, 2.05) is 0 Å². The summed E-state index contributed by atoms with van der Waals surface area (Å²) in [5.41, 5.74) is -0.133. The Kier molecular flexibility index (Phi) is 29.9. The monoisotopic (exact) mass is 1430 g/mol. The van der Waals surface area contributed by atoms with E-state index in [9.17, 15) is 62.6 Å². The van der Waals surface area contributed by atoms with Crippen LogP contribution >= 0.6 is 34.8 Å². The minimum absolute atomic E-state index is 0.133. The highest BCUT2D eigenvalue weighted by atomic mass is 35.6. The quantitative estimate of drug-likeness (QED) is 0.0274. The molecule has 2 amide bonds. The highest BCUT2D eigenvalue weighted by molar-refractivity contribution is 6.76. The maximum absolute atomic E-state index is 15.1. The van der Waals surface area contributed by atoms with Crippen LogP contribution in [0.2, 0.25) is 0 Å². The maximum atomic E-state index is 15.1. The largest absolute Gasteiger partial charge is 0.465 e. The Morgan fingerprint density at radius 3 is 1.47 bits per heavy atom. The Balaban J connectivity index is 2.21. The van der Waals surface area contributed by atoms with Crippen molar-refractivity contribution < 1.29 is 157 Å². The first-order chi connectivity index (χ1) is 44.8. The molecule has 0 unspecified atom stereocenters. The number of rotatable bonds is 28. The van der Waals surface area contributed by atoms with E-state index in [2.05, 4.69) is 10.6 Å². The zero-order valence-corrected chi connectivity index (χ0v) is 55.7. The topological polar surface area (TPSA) is 473 Å². The molecule has 3 heterocycles. The molecule has 0 radical (unpaired) electrons. The lowest BCUT2D eigenvalue weighted by atomic mass is 9.85. The standard InChI is InChI=1S/C57H72Cl3N3O33/c1-24(65)62-42-36(94-56(54(78)80-12)18-35(84-27(4)68)41(63-40(75)20-64)46(96-56)43(87-30(7)71)37(85-28(5)69)21-81-25(2)66)19-55(53(77)79-11,95-47(42)44(88-31(8)72)38(86-29(6)70)22-82-26(3)67)83-23-39-45(89-32(9)73)48(90-33(10)74)49(51(91-39)93-52(61)57(58,59)60)92-50(76)34-16-14-13-15-17-34/h13-17,35-39,41-49,51,61,64H,18-23H2,1-12H3,(H,62,65)(H,63,75)/t35-,36-,37+,38+,39+,41+,42+,43+,44+,45+,46+,47+,48-,49+,51+,55+,56+/m0/s1. The summed E-state index contributed by atoms with van der Waals surface area (Å²) in [5, 5.41) is 23.4. The van der Waals surface area contributed by atoms with Gasteiger partial charge in [-0.3, -0.25) is 58.1 Å². The van der Waals surface area contributed by atoms with Crippen molar-refractivity contribution in [2.75, 3.05) is 40.6 Å². The molecule has 1 aromatic rings. The summed E-state index contributed by atoms with van der Waals surface area (Å²) < 4.78 is 101. The van der Waals surface area contributed by atoms with E-state index in [1.54, 1.807) is 6.07 Å². The first-order valence-corrected chi connectivity index (χ1v) is 29.7. The summed E-state index contributed by atoms with van der Waals surface area (Å²) >= 11 is 18.1. The number of carbonyl (C=O) groups is 14. The van der Waals surface area contributed by atoms with Crippen LogP contribution in [-0.2, 0) is 148 Å². The molecule has 0 bridgehead atoms. The van der Waals surface area contributed by atoms with Gasteiger partial charge in [-0.15, -0.1) is 0 Å². The van der Waals surface area contributed by atoms with Crippen LogP contribution in [0, 0.1) is 5.41 Å². The molecule has 3 aliphatic heterocycles. The molecule has 0 aromatic heterocycles. The molecule has 39 heteroatoms. The average molecular weight is 1430 g/mol. The number of ether oxygens (including phenoxy) is 18. The van der Waals surface area contributed by atoms with Crippen molar-refractivity contribution in [2.24, 2.45) is 0 Å². The Bertz CT molecular complexity index is 3040. The summed E-state index contributed by atoms with van der Waals surface area (Å²) in [6.45, 7) is 4.02. The fraction of sp³-hybridized carbons (Fsp3) is 0.632. The number of alkyl halides is 3. The number of amides is 2. The Morgan fingerprint density at radius 2 is 1.03 bits per heavy atom. The minimum atomic E-state index is -3.34. The van der Waals surface area contributed by atoms with Crippen molar-refractivity contribution in [2.45, 2.75) is 189 Å². The fourth-order valence-electron chi connectivity index (χ4n) is 10.2. The lowest BCUT2D eigenvalue weighted by molar-refractivity contribution is -0.365. The second kappa shape index (κ2) is 35.8. The van der Waals surface area contributed by atoms with E-state index in [-0.39, 0.29) is 5.56 Å². The van der Waals surface area contributed by atoms with E-state index in [0.29, 0.717) is 0 Å². The summed E-state index contributed by atoms with van der Waals surface area (Å²) in [5.74, 6) is -25.1. The minimum Gasteiger partial charge on any atom is -0.465 e. The van der Waals surface area contributed by atoms with Crippen LogP contribution < -0.4 is 10.6 Å². The Labute approximate surface area is 561 Å². The van der Waals surface area contributed by atoms with Crippen molar-refractivity contribution in [3.8, 4) is 0 Å². The third-order valence-corrected chi connectivity index (χ3v) is 14.1. The van der Waals surface area contributed by atoms with Gasteiger partial charge < -0.3 is 101 Å². The van der Waals surface area contributed by atoms with Gasteiger partial charge >= 0.3 is 71.6 Å². The smallest absolute Gasteiger partial charge is 0.366 e. The van der Waals surface area contributed by atoms with Gasteiger partial charge in [-0.25, -0.2) is 14.4 Å². The van der Waals surface area contributed by atoms with Crippen molar-refractivity contribution >= 4 is 124 Å². The number of methoxy groups -OCH3 is 2. The van der Waals surface area contributed by atoms with Gasteiger partial charge in [0, 0.05) is 75.7 Å². The van der Waals surface area contributed by atoms with Gasteiger partial charge in [0.25, 0.3) is 15.4 Å². The van der Waals surface area contributed by atoms with Crippen molar-refractivity contribution in [1.29, 1.82) is 5.41 Å². The first-order valence-electron chi connectivity index (χ1n) is 28.5. The Hall–Kier alpha value is -8.10. The van der Waals surface area contributed by atoms with Crippen LogP contribution in [0.5, 0.6) is 0 Å². The number of halogens is 3. The molecule has 36 nitrogen and oxygen atoms in total. The van der Waals surface area contributed by atoms with Crippen molar-refractivity contribution in [1.82, 2.24) is 10.6 Å². The number of hydrogen-bond acceptors (Lipinski definition) is 34. The maximum Gasteiger partial charge on any atom is 0.366 e. The molecule has 3 fully saturated rings. The summed E-state index contributed by atoms with van der Waals surface area (Å²) in [6.07, 6.45) is -31.0. The first kappa shape index (κ1) is 80.3. The molecular formula is C57H72Cl3N3O33. The second-order valence-corrected chi connectivity index (χ2v) is 23.4. The van der Waals surface area contributed by atoms with Gasteiger partial charge in [-0.05, 0) is 12.1 Å². The number of benzene rings is 1. The number of hydrogen-bond donors (Lipinski definition) is 4. The lowest BCUT2D eigenvalue weighted by Gasteiger charge is -2.53. The van der Waals surface area contributed by atoms with Gasteiger partial charge in [0.2, 0.25) is 30.1 Å². The zero-order chi connectivity index (χ0) is 72.3. The summed E-state index contributed by atoms with van der Waals surface area (Å²) in [4.78, 5) is 188. The van der Waals surface area contributed by atoms with Gasteiger partial charge in [-0.1, -0.05) is 53.0 Å². The molecule has 4 rings (SSSR count). The molecule has 0 spiro atoms. The number of carbonyl (C=O) groups excluding carboxylic acids is 14. The van der Waals surface area contributed by atoms with Gasteiger partial charge in [-0.2, -0.15) is 0 Å². The Morgan fingerprint density at radius 1 is 0.573 bits per heavy atom. The highest BCUT2D eigenvalue weighted by Gasteiger charge is 2.66. The number of esters is 12. The van der Waals surface area contributed by atoms with Gasteiger partial charge in [0.1, 0.15) is 44.2 Å². The molecule has 0 aliphatic carbocycles. The molecule has 534 valence electrons. The molecule has 3 aliphatic rings. The van der Waals surface area contributed by atoms with Gasteiger partial charge in [0.05, 0.1) is 51.0 Å². The van der Waals surface area contributed by atoms with Crippen LogP contribution in [-0.4, -0.2) is 242 Å². The number of aliphatic hydroxyl groups excluding tert-OH is 1. The van der Waals surface area contributed by atoms with Crippen molar-refractivity contribution in [3.05, 3.63) is 35.9 Å².